The fourth-order valence-corrected chi connectivity index (χ4v) is 3.77. The first-order valence-corrected chi connectivity index (χ1v) is 7.61. The highest BCUT2D eigenvalue weighted by atomic mass is 16.2. The van der Waals surface area contributed by atoms with Crippen LogP contribution < -0.4 is 5.32 Å². The summed E-state index contributed by atoms with van der Waals surface area (Å²) in [5.41, 5.74) is 0.423. The largest absolute Gasteiger partial charge is 0.321 e. The number of hydrogen-bond donors (Lipinski definition) is 1. The van der Waals surface area contributed by atoms with Gasteiger partial charge in [0.15, 0.2) is 0 Å². The van der Waals surface area contributed by atoms with Crippen LogP contribution in [0.15, 0.2) is 0 Å². The van der Waals surface area contributed by atoms with Crippen molar-refractivity contribution in [2.75, 3.05) is 0 Å². The minimum absolute atomic E-state index is 0.0143. The molecule has 110 valence electrons. The minimum atomic E-state index is -0.0143. The lowest BCUT2D eigenvalue weighted by Gasteiger charge is -2.29. The van der Waals surface area contributed by atoms with Gasteiger partial charge in [-0.15, -0.1) is 0 Å². The summed E-state index contributed by atoms with van der Waals surface area (Å²) in [6.07, 6.45) is 0.186. The molecule has 1 aliphatic carbocycles. The Balaban J connectivity index is 2.30. The van der Waals surface area contributed by atoms with Crippen LogP contribution in [0.5, 0.6) is 0 Å². The summed E-state index contributed by atoms with van der Waals surface area (Å²) in [6.45, 7) is 17.8. The lowest BCUT2D eigenvalue weighted by atomic mass is 10.0. The highest BCUT2D eigenvalue weighted by Gasteiger charge is 2.70. The molecule has 1 aliphatic heterocycles. The maximum atomic E-state index is 12.8. The lowest BCUT2D eigenvalue weighted by Crippen LogP contribution is -2.44. The van der Waals surface area contributed by atoms with Gasteiger partial charge in [0.2, 0.25) is 5.91 Å². The number of hydrogen-bond acceptors (Lipinski definition) is 2. The Bertz CT molecular complexity index is 370. The molecule has 0 radical (unpaired) electrons. The molecule has 2 unspecified atom stereocenters. The molecule has 0 spiro atoms. The van der Waals surface area contributed by atoms with Crippen LogP contribution in [0.3, 0.4) is 0 Å². The van der Waals surface area contributed by atoms with Crippen LogP contribution in [0.4, 0.5) is 0 Å². The fourth-order valence-electron chi connectivity index (χ4n) is 3.77. The van der Waals surface area contributed by atoms with E-state index in [0.717, 1.165) is 0 Å². The van der Waals surface area contributed by atoms with Crippen LogP contribution in [-0.2, 0) is 4.79 Å². The van der Waals surface area contributed by atoms with E-state index < -0.39 is 0 Å². The molecular formula is C16H30N2O. The summed E-state index contributed by atoms with van der Waals surface area (Å²) in [4.78, 5) is 14.9. The van der Waals surface area contributed by atoms with Crippen LogP contribution in [0.1, 0.15) is 55.4 Å². The normalized spacial score (nSPS) is 33.6. The van der Waals surface area contributed by atoms with E-state index >= 15 is 0 Å². The maximum absolute atomic E-state index is 12.8. The molecule has 0 bridgehead atoms. The van der Waals surface area contributed by atoms with Gasteiger partial charge >= 0.3 is 0 Å². The maximum Gasteiger partial charge on any atom is 0.241 e. The van der Waals surface area contributed by atoms with Crippen LogP contribution in [0.25, 0.3) is 0 Å². The number of nitrogens with one attached hydrogen (secondary N) is 1. The Morgan fingerprint density at radius 1 is 1.00 bits per heavy atom. The quantitative estimate of drug-likeness (QED) is 0.852. The molecular weight excluding hydrogens is 236 g/mol. The Morgan fingerprint density at radius 2 is 1.47 bits per heavy atom. The van der Waals surface area contributed by atoms with Crippen molar-refractivity contribution in [1.29, 1.82) is 0 Å². The Morgan fingerprint density at radius 3 is 1.79 bits per heavy atom. The number of rotatable bonds is 3. The van der Waals surface area contributed by atoms with Crippen molar-refractivity contribution >= 4 is 5.91 Å². The highest BCUT2D eigenvalue weighted by molar-refractivity contribution is 5.85. The second kappa shape index (κ2) is 4.21. The zero-order chi connectivity index (χ0) is 14.7. The van der Waals surface area contributed by atoms with Crippen molar-refractivity contribution in [3.8, 4) is 0 Å². The van der Waals surface area contributed by atoms with Crippen molar-refractivity contribution in [1.82, 2.24) is 10.2 Å². The van der Waals surface area contributed by atoms with Crippen LogP contribution in [0, 0.1) is 22.7 Å². The smallest absolute Gasteiger partial charge is 0.241 e. The molecule has 2 aliphatic rings. The van der Waals surface area contributed by atoms with Crippen LogP contribution >= 0.6 is 0 Å². The van der Waals surface area contributed by atoms with Crippen molar-refractivity contribution in [3.63, 3.8) is 0 Å². The second-order valence-corrected chi connectivity index (χ2v) is 8.17. The second-order valence-electron chi connectivity index (χ2n) is 8.17. The van der Waals surface area contributed by atoms with E-state index in [2.05, 4.69) is 65.6 Å². The topological polar surface area (TPSA) is 32.3 Å². The van der Waals surface area contributed by atoms with Crippen molar-refractivity contribution in [2.45, 2.75) is 73.6 Å². The highest BCUT2D eigenvalue weighted by Crippen LogP contribution is 2.66. The lowest BCUT2D eigenvalue weighted by molar-refractivity contribution is -0.132. The summed E-state index contributed by atoms with van der Waals surface area (Å²) in [7, 11) is 0. The first-order valence-electron chi connectivity index (χ1n) is 7.61. The van der Waals surface area contributed by atoms with Gasteiger partial charge in [0.25, 0.3) is 0 Å². The average Bonchev–Trinajstić information content (AvgIpc) is 2.55. The summed E-state index contributed by atoms with van der Waals surface area (Å²) in [6, 6.07) is 0.343. The predicted octanol–water partition coefficient (Wildman–Crippen LogP) is 2.86. The average molecular weight is 266 g/mol. The summed E-state index contributed by atoms with van der Waals surface area (Å²) < 4.78 is 0. The third kappa shape index (κ3) is 1.93. The first-order chi connectivity index (χ1) is 8.53. The van der Waals surface area contributed by atoms with E-state index in [1.807, 2.05) is 0 Å². The van der Waals surface area contributed by atoms with Gasteiger partial charge in [-0.1, -0.05) is 55.4 Å². The molecule has 19 heavy (non-hydrogen) atoms. The van der Waals surface area contributed by atoms with Gasteiger partial charge in [-0.3, -0.25) is 10.1 Å². The van der Waals surface area contributed by atoms with Crippen molar-refractivity contribution in [2.24, 2.45) is 22.7 Å². The van der Waals surface area contributed by atoms with E-state index in [1.165, 1.54) is 0 Å². The molecule has 1 heterocycles. The molecule has 1 N–H and O–H groups in total. The molecule has 1 saturated heterocycles. The first kappa shape index (κ1) is 14.8. The number of carbonyl (C=O) groups is 1. The van der Waals surface area contributed by atoms with Gasteiger partial charge in [-0.05, 0) is 22.7 Å². The molecule has 0 aromatic carbocycles. The molecule has 1 amide bonds. The Labute approximate surface area is 118 Å². The third-order valence-electron chi connectivity index (χ3n) is 5.69. The minimum Gasteiger partial charge on any atom is -0.321 e. The molecule has 0 aromatic heterocycles. The van der Waals surface area contributed by atoms with E-state index in [0.29, 0.717) is 23.8 Å². The van der Waals surface area contributed by atoms with Crippen molar-refractivity contribution in [3.05, 3.63) is 0 Å². The van der Waals surface area contributed by atoms with E-state index in [1.54, 1.807) is 0 Å². The van der Waals surface area contributed by atoms with Crippen molar-refractivity contribution < 1.29 is 4.79 Å². The number of amides is 1. The van der Waals surface area contributed by atoms with Crippen LogP contribution in [-0.4, -0.2) is 29.1 Å². The van der Waals surface area contributed by atoms with Gasteiger partial charge in [0.1, 0.15) is 0 Å². The van der Waals surface area contributed by atoms with Gasteiger partial charge in [-0.2, -0.15) is 0 Å². The molecule has 2 fully saturated rings. The standard InChI is InChI=1S/C16H30N2O/c1-9(2)11-13(19)18(12(17-11)10(3)4)14-15(5,6)16(14,7)8/h9-12,14,17H,1-8H3. The molecule has 2 atom stereocenters. The molecule has 0 aromatic rings. The molecule has 3 nitrogen and oxygen atoms in total. The number of carbonyl (C=O) groups excluding carboxylic acids is 1. The van der Waals surface area contributed by atoms with Crippen LogP contribution in [0.2, 0.25) is 0 Å². The van der Waals surface area contributed by atoms with Gasteiger partial charge < -0.3 is 4.90 Å². The zero-order valence-corrected chi connectivity index (χ0v) is 13.7. The van der Waals surface area contributed by atoms with E-state index in [-0.39, 0.29) is 23.0 Å². The summed E-state index contributed by atoms with van der Waals surface area (Å²) in [5.74, 6) is 1.10. The fraction of sp³-hybridized carbons (Fsp3) is 0.938. The van der Waals surface area contributed by atoms with Gasteiger partial charge in [0, 0.05) is 6.04 Å². The zero-order valence-electron chi connectivity index (χ0n) is 13.7. The van der Waals surface area contributed by atoms with E-state index in [9.17, 15) is 4.79 Å². The molecule has 3 heteroatoms. The van der Waals surface area contributed by atoms with Gasteiger partial charge in [-0.25, -0.2) is 0 Å². The third-order valence-corrected chi connectivity index (χ3v) is 5.69. The summed E-state index contributed by atoms with van der Waals surface area (Å²) >= 11 is 0. The van der Waals surface area contributed by atoms with E-state index in [4.69, 9.17) is 0 Å². The summed E-state index contributed by atoms with van der Waals surface area (Å²) in [5, 5.41) is 3.56. The predicted molar refractivity (Wildman–Crippen MR) is 78.6 cm³/mol. The SMILES string of the molecule is CC(C)C1NC(C(C)C)N(C2C(C)(C)C2(C)C)C1=O. The Kier molecular flexibility index (Phi) is 3.29. The monoisotopic (exact) mass is 266 g/mol. The Hall–Kier alpha value is -0.570. The molecule has 1 saturated carbocycles. The number of nitrogens with zero attached hydrogens (tertiary/aromatic N) is 1. The van der Waals surface area contributed by atoms with Gasteiger partial charge in [0.05, 0.1) is 12.2 Å². The molecule has 2 rings (SSSR count).